The van der Waals surface area contributed by atoms with E-state index < -0.39 is 6.09 Å². The van der Waals surface area contributed by atoms with Crippen molar-refractivity contribution in [3.63, 3.8) is 0 Å². The molecule has 0 aliphatic carbocycles. The molecule has 1 aromatic heterocycles. The summed E-state index contributed by atoms with van der Waals surface area (Å²) in [6.07, 6.45) is 0.896. The van der Waals surface area contributed by atoms with E-state index in [-0.39, 0.29) is 6.61 Å². The van der Waals surface area contributed by atoms with Gasteiger partial charge in [-0.05, 0) is 18.6 Å². The maximum atomic E-state index is 10.2. The van der Waals surface area contributed by atoms with Crippen LogP contribution in [0.15, 0.2) is 16.7 Å². The number of hydrogen-bond donors (Lipinski definition) is 2. The number of carbonyl (C=O) groups excluding carboxylic acids is 1. The average molecular weight is 198 g/mol. The van der Waals surface area contributed by atoms with Gasteiger partial charge in [0.2, 0.25) is 0 Å². The molecule has 1 amide bonds. The summed E-state index contributed by atoms with van der Waals surface area (Å²) in [7, 11) is 0. The maximum absolute atomic E-state index is 10.2. The van der Waals surface area contributed by atoms with Gasteiger partial charge in [-0.3, -0.25) is 0 Å². The van der Waals surface area contributed by atoms with Crippen LogP contribution in [0.1, 0.15) is 11.3 Å². The first-order valence-electron chi connectivity index (χ1n) is 4.36. The molecule has 1 rings (SSSR count). The Bertz CT molecular complexity index is 296. The summed E-state index contributed by atoms with van der Waals surface area (Å²) in [6, 6.07) is 1.90. The largest absolute Gasteiger partial charge is 0.468 e. The molecular formula is C9H14N2O3. The Morgan fingerprint density at radius 3 is 3.07 bits per heavy atom. The monoisotopic (exact) mass is 198 g/mol. The number of nitrogens with one attached hydrogen (secondary N) is 1. The molecular weight excluding hydrogens is 184 g/mol. The Kier molecular flexibility index (Phi) is 4.00. The fourth-order valence-electron chi connectivity index (χ4n) is 1.01. The first kappa shape index (κ1) is 10.6. The molecule has 0 saturated heterocycles. The van der Waals surface area contributed by atoms with Crippen LogP contribution in [0, 0.1) is 6.92 Å². The smallest absolute Gasteiger partial charge is 0.404 e. The molecule has 0 spiro atoms. The van der Waals surface area contributed by atoms with Gasteiger partial charge < -0.3 is 20.2 Å². The van der Waals surface area contributed by atoms with Crippen LogP contribution in [-0.4, -0.2) is 19.2 Å². The molecule has 1 heterocycles. The molecule has 5 nitrogen and oxygen atoms in total. The topological polar surface area (TPSA) is 77.5 Å². The van der Waals surface area contributed by atoms with Gasteiger partial charge in [0.15, 0.2) is 0 Å². The lowest BCUT2D eigenvalue weighted by atomic mass is 10.3. The van der Waals surface area contributed by atoms with Crippen LogP contribution < -0.4 is 11.1 Å². The predicted molar refractivity (Wildman–Crippen MR) is 50.7 cm³/mol. The number of carbonyl (C=O) groups is 1. The molecule has 0 aliphatic rings. The van der Waals surface area contributed by atoms with Gasteiger partial charge in [-0.15, -0.1) is 0 Å². The molecule has 0 aromatic carbocycles. The van der Waals surface area contributed by atoms with Crippen LogP contribution in [0.25, 0.3) is 0 Å². The Hall–Kier alpha value is -1.49. The number of ether oxygens (including phenoxy) is 1. The zero-order chi connectivity index (χ0) is 10.4. The molecule has 0 aliphatic heterocycles. The van der Waals surface area contributed by atoms with Gasteiger partial charge in [0, 0.05) is 6.54 Å². The Morgan fingerprint density at radius 2 is 2.50 bits per heavy atom. The third-order valence-electron chi connectivity index (χ3n) is 1.78. The number of primary amides is 1. The Balaban J connectivity index is 2.10. The number of furan rings is 1. The summed E-state index contributed by atoms with van der Waals surface area (Å²) in [6.45, 7) is 3.43. The highest BCUT2D eigenvalue weighted by molar-refractivity contribution is 5.64. The van der Waals surface area contributed by atoms with Gasteiger partial charge in [-0.1, -0.05) is 0 Å². The molecule has 14 heavy (non-hydrogen) atoms. The van der Waals surface area contributed by atoms with Gasteiger partial charge in [0.05, 0.1) is 12.8 Å². The third kappa shape index (κ3) is 3.49. The first-order valence-corrected chi connectivity index (χ1v) is 4.36. The van der Waals surface area contributed by atoms with Crippen molar-refractivity contribution in [2.24, 2.45) is 5.73 Å². The molecule has 78 valence electrons. The number of hydrogen-bond acceptors (Lipinski definition) is 4. The highest BCUT2D eigenvalue weighted by atomic mass is 16.5. The maximum Gasteiger partial charge on any atom is 0.404 e. The minimum Gasteiger partial charge on any atom is -0.468 e. The van der Waals surface area contributed by atoms with Gasteiger partial charge >= 0.3 is 6.09 Å². The van der Waals surface area contributed by atoms with Crippen molar-refractivity contribution in [3.05, 3.63) is 23.7 Å². The number of amides is 1. The van der Waals surface area contributed by atoms with E-state index in [1.165, 1.54) is 0 Å². The van der Waals surface area contributed by atoms with Crippen molar-refractivity contribution in [2.45, 2.75) is 13.5 Å². The number of aryl methyl sites for hydroxylation is 1. The molecule has 0 fully saturated rings. The zero-order valence-electron chi connectivity index (χ0n) is 8.08. The molecule has 0 saturated carbocycles. The average Bonchev–Trinajstić information content (AvgIpc) is 2.51. The van der Waals surface area contributed by atoms with Crippen molar-refractivity contribution in [2.75, 3.05) is 13.2 Å². The third-order valence-corrected chi connectivity index (χ3v) is 1.78. The molecule has 0 radical (unpaired) electrons. The van der Waals surface area contributed by atoms with E-state index in [2.05, 4.69) is 10.1 Å². The van der Waals surface area contributed by atoms with E-state index >= 15 is 0 Å². The zero-order valence-corrected chi connectivity index (χ0v) is 8.08. The molecule has 0 atom stereocenters. The Labute approximate surface area is 82.2 Å². The van der Waals surface area contributed by atoms with E-state index in [0.717, 1.165) is 11.3 Å². The summed E-state index contributed by atoms with van der Waals surface area (Å²) >= 11 is 0. The van der Waals surface area contributed by atoms with E-state index in [4.69, 9.17) is 10.2 Å². The Morgan fingerprint density at radius 1 is 1.71 bits per heavy atom. The van der Waals surface area contributed by atoms with E-state index in [1.807, 2.05) is 13.0 Å². The van der Waals surface area contributed by atoms with Crippen molar-refractivity contribution in [1.82, 2.24) is 5.32 Å². The standard InChI is InChI=1S/C9H14N2O3/c1-7-2-4-13-8(7)6-11-3-5-14-9(10)12/h2,4,11H,3,5-6H2,1H3,(H2,10,12). The summed E-state index contributed by atoms with van der Waals surface area (Å²) in [5.41, 5.74) is 5.89. The van der Waals surface area contributed by atoms with Gasteiger partial charge in [0.25, 0.3) is 0 Å². The lowest BCUT2D eigenvalue weighted by Gasteiger charge is -2.03. The van der Waals surface area contributed by atoms with E-state index in [9.17, 15) is 4.79 Å². The van der Waals surface area contributed by atoms with Crippen LogP contribution >= 0.6 is 0 Å². The molecule has 5 heteroatoms. The van der Waals surface area contributed by atoms with Gasteiger partial charge in [-0.2, -0.15) is 0 Å². The second-order valence-corrected chi connectivity index (χ2v) is 2.87. The van der Waals surface area contributed by atoms with Crippen LogP contribution in [-0.2, 0) is 11.3 Å². The molecule has 1 aromatic rings. The van der Waals surface area contributed by atoms with Crippen LogP contribution in [0.3, 0.4) is 0 Å². The summed E-state index contributed by atoms with van der Waals surface area (Å²) in [5.74, 6) is 0.893. The lowest BCUT2D eigenvalue weighted by Crippen LogP contribution is -2.23. The van der Waals surface area contributed by atoms with Crippen molar-refractivity contribution < 1.29 is 13.9 Å². The second kappa shape index (κ2) is 5.29. The summed E-state index contributed by atoms with van der Waals surface area (Å²) in [4.78, 5) is 10.2. The molecule has 0 bridgehead atoms. The highest BCUT2D eigenvalue weighted by Gasteiger charge is 2.00. The molecule has 3 N–H and O–H groups in total. The summed E-state index contributed by atoms with van der Waals surface area (Å²) < 4.78 is 9.73. The quantitative estimate of drug-likeness (QED) is 0.685. The fraction of sp³-hybridized carbons (Fsp3) is 0.444. The number of rotatable bonds is 5. The van der Waals surface area contributed by atoms with Crippen molar-refractivity contribution in [3.8, 4) is 0 Å². The fourth-order valence-corrected chi connectivity index (χ4v) is 1.01. The van der Waals surface area contributed by atoms with Gasteiger partial charge in [0.1, 0.15) is 12.4 Å². The SMILES string of the molecule is Cc1ccoc1CNCCOC(N)=O. The van der Waals surface area contributed by atoms with Crippen molar-refractivity contribution >= 4 is 6.09 Å². The van der Waals surface area contributed by atoms with E-state index in [1.54, 1.807) is 6.26 Å². The number of nitrogens with two attached hydrogens (primary N) is 1. The molecule has 0 unspecified atom stereocenters. The second-order valence-electron chi connectivity index (χ2n) is 2.87. The van der Waals surface area contributed by atoms with Crippen LogP contribution in [0.5, 0.6) is 0 Å². The minimum atomic E-state index is -0.749. The van der Waals surface area contributed by atoms with Crippen molar-refractivity contribution in [1.29, 1.82) is 0 Å². The first-order chi connectivity index (χ1) is 6.70. The highest BCUT2D eigenvalue weighted by Crippen LogP contribution is 2.07. The normalized spacial score (nSPS) is 10.1. The predicted octanol–water partition coefficient (Wildman–Crippen LogP) is 0.773. The van der Waals surface area contributed by atoms with Crippen LogP contribution in [0.2, 0.25) is 0 Å². The van der Waals surface area contributed by atoms with E-state index in [0.29, 0.717) is 13.1 Å². The van der Waals surface area contributed by atoms with Crippen LogP contribution in [0.4, 0.5) is 4.79 Å². The minimum absolute atomic E-state index is 0.273. The lowest BCUT2D eigenvalue weighted by molar-refractivity contribution is 0.157. The summed E-state index contributed by atoms with van der Waals surface area (Å²) in [5, 5.41) is 3.06. The van der Waals surface area contributed by atoms with Gasteiger partial charge in [-0.25, -0.2) is 4.79 Å².